The summed E-state index contributed by atoms with van der Waals surface area (Å²) < 4.78 is 0. The molecule has 2 aliphatic carbocycles. The molecule has 1 N–H and O–H groups in total. The van der Waals surface area contributed by atoms with E-state index >= 15 is 0 Å². The van der Waals surface area contributed by atoms with Gasteiger partial charge in [-0.3, -0.25) is 4.90 Å². The van der Waals surface area contributed by atoms with Gasteiger partial charge in [-0.15, -0.1) is 0 Å². The molecule has 0 bridgehead atoms. The Morgan fingerprint density at radius 3 is 2.67 bits per heavy atom. The van der Waals surface area contributed by atoms with Gasteiger partial charge in [-0.2, -0.15) is 0 Å². The molecule has 2 nitrogen and oxygen atoms in total. The number of nitrogens with zero attached hydrogens (tertiary/aromatic N) is 1. The first-order valence-corrected chi connectivity index (χ1v) is 8.92. The second kappa shape index (κ2) is 6.93. The topological polar surface area (TPSA) is 15.3 Å². The highest BCUT2D eigenvalue weighted by atomic mass is 15.2. The minimum absolute atomic E-state index is 0.518. The van der Waals surface area contributed by atoms with Gasteiger partial charge in [0, 0.05) is 18.1 Å². The number of benzene rings is 1. The summed E-state index contributed by atoms with van der Waals surface area (Å²) in [7, 11) is 0. The van der Waals surface area contributed by atoms with Gasteiger partial charge in [-0.05, 0) is 62.7 Å². The molecule has 21 heavy (non-hydrogen) atoms. The Labute approximate surface area is 129 Å². The van der Waals surface area contributed by atoms with Crippen molar-refractivity contribution in [3.8, 4) is 0 Å². The Bertz CT molecular complexity index is 453. The highest BCUT2D eigenvalue weighted by molar-refractivity contribution is 5.32. The van der Waals surface area contributed by atoms with Gasteiger partial charge in [-0.25, -0.2) is 0 Å². The molecule has 3 rings (SSSR count). The molecule has 0 spiro atoms. The van der Waals surface area contributed by atoms with Crippen LogP contribution in [0.1, 0.15) is 63.1 Å². The Kier molecular flexibility index (Phi) is 4.97. The zero-order chi connectivity index (χ0) is 14.7. The predicted octanol–water partition coefficient (Wildman–Crippen LogP) is 3.92. The molecule has 0 radical (unpaired) electrons. The van der Waals surface area contributed by atoms with E-state index in [0.29, 0.717) is 12.1 Å². The van der Waals surface area contributed by atoms with Crippen LogP contribution in [0, 0.1) is 0 Å². The summed E-state index contributed by atoms with van der Waals surface area (Å²) in [4.78, 5) is 2.79. The third-order valence-electron chi connectivity index (χ3n) is 5.14. The zero-order valence-electron chi connectivity index (χ0n) is 13.6. The molecular weight excluding hydrogens is 256 g/mol. The highest BCUT2D eigenvalue weighted by Gasteiger charge is 2.38. The largest absolute Gasteiger partial charge is 0.309 e. The third kappa shape index (κ3) is 3.32. The van der Waals surface area contributed by atoms with E-state index in [1.54, 1.807) is 11.1 Å². The quantitative estimate of drug-likeness (QED) is 0.797. The lowest BCUT2D eigenvalue weighted by Crippen LogP contribution is -2.45. The highest BCUT2D eigenvalue weighted by Crippen LogP contribution is 2.37. The van der Waals surface area contributed by atoms with E-state index in [4.69, 9.17) is 0 Å². The number of likely N-dealkylation sites (N-methyl/N-ethyl adjacent to an activating group) is 1. The van der Waals surface area contributed by atoms with Crippen molar-refractivity contribution in [1.82, 2.24) is 10.2 Å². The van der Waals surface area contributed by atoms with Crippen LogP contribution in [-0.2, 0) is 6.42 Å². The molecule has 2 atom stereocenters. The standard InChI is InChI=1S/C19H30N2/c1-3-14-20-19-17-10-6-5-8-15(17)9-7-11-18(19)21(4-2)16-12-13-16/h5-6,8,10,16,18-20H,3-4,7,9,11-14H2,1-2H3. The molecule has 1 saturated carbocycles. The summed E-state index contributed by atoms with van der Waals surface area (Å²) in [6.45, 7) is 6.93. The van der Waals surface area contributed by atoms with Crippen molar-refractivity contribution in [2.45, 2.75) is 70.5 Å². The Morgan fingerprint density at radius 1 is 1.14 bits per heavy atom. The number of fused-ring (bicyclic) bond motifs is 1. The van der Waals surface area contributed by atoms with E-state index in [2.05, 4.69) is 48.3 Å². The van der Waals surface area contributed by atoms with E-state index in [-0.39, 0.29) is 0 Å². The van der Waals surface area contributed by atoms with Crippen molar-refractivity contribution in [2.75, 3.05) is 13.1 Å². The van der Waals surface area contributed by atoms with Crippen molar-refractivity contribution >= 4 is 0 Å². The molecule has 116 valence electrons. The number of rotatable bonds is 6. The molecule has 0 amide bonds. The van der Waals surface area contributed by atoms with Gasteiger partial charge in [-0.1, -0.05) is 38.1 Å². The molecule has 0 heterocycles. The summed E-state index contributed by atoms with van der Waals surface area (Å²) in [6, 6.07) is 11.2. The molecule has 0 aliphatic heterocycles. The van der Waals surface area contributed by atoms with E-state index < -0.39 is 0 Å². The SMILES string of the molecule is CCCNC1c2ccccc2CCCC1N(CC)C1CC1. The fourth-order valence-electron chi connectivity index (χ4n) is 4.01. The molecule has 2 aliphatic rings. The van der Waals surface area contributed by atoms with E-state index in [9.17, 15) is 0 Å². The fraction of sp³-hybridized carbons (Fsp3) is 0.684. The minimum atomic E-state index is 0.518. The van der Waals surface area contributed by atoms with Gasteiger partial charge in [0.05, 0.1) is 0 Å². The second-order valence-corrected chi connectivity index (χ2v) is 6.65. The summed E-state index contributed by atoms with van der Waals surface area (Å²) in [6.07, 6.45) is 7.94. The van der Waals surface area contributed by atoms with Gasteiger partial charge in [0.15, 0.2) is 0 Å². The lowest BCUT2D eigenvalue weighted by molar-refractivity contribution is 0.146. The Balaban J connectivity index is 1.89. The lowest BCUT2D eigenvalue weighted by Gasteiger charge is -2.37. The summed E-state index contributed by atoms with van der Waals surface area (Å²) >= 11 is 0. The monoisotopic (exact) mass is 286 g/mol. The Hall–Kier alpha value is -0.860. The number of aryl methyl sites for hydroxylation is 1. The first-order valence-electron chi connectivity index (χ1n) is 8.92. The maximum absolute atomic E-state index is 3.87. The molecule has 0 aromatic heterocycles. The third-order valence-corrected chi connectivity index (χ3v) is 5.14. The average molecular weight is 286 g/mol. The van der Waals surface area contributed by atoms with Crippen LogP contribution in [0.25, 0.3) is 0 Å². The molecule has 2 unspecified atom stereocenters. The van der Waals surface area contributed by atoms with Crippen molar-refractivity contribution in [1.29, 1.82) is 0 Å². The van der Waals surface area contributed by atoms with Gasteiger partial charge >= 0.3 is 0 Å². The summed E-state index contributed by atoms with van der Waals surface area (Å²) in [5, 5.41) is 3.87. The van der Waals surface area contributed by atoms with Crippen LogP contribution in [0.2, 0.25) is 0 Å². The van der Waals surface area contributed by atoms with Crippen LogP contribution in [-0.4, -0.2) is 30.1 Å². The van der Waals surface area contributed by atoms with Crippen LogP contribution < -0.4 is 5.32 Å². The maximum Gasteiger partial charge on any atom is 0.0481 e. The van der Waals surface area contributed by atoms with Gasteiger partial charge < -0.3 is 5.32 Å². The number of hydrogen-bond donors (Lipinski definition) is 1. The Morgan fingerprint density at radius 2 is 1.95 bits per heavy atom. The molecule has 0 saturated heterocycles. The molecule has 1 aromatic carbocycles. The predicted molar refractivity (Wildman–Crippen MR) is 89.6 cm³/mol. The van der Waals surface area contributed by atoms with Crippen molar-refractivity contribution in [3.05, 3.63) is 35.4 Å². The van der Waals surface area contributed by atoms with E-state index in [1.807, 2.05) is 0 Å². The van der Waals surface area contributed by atoms with Crippen LogP contribution in [0.4, 0.5) is 0 Å². The minimum Gasteiger partial charge on any atom is -0.309 e. The van der Waals surface area contributed by atoms with Crippen molar-refractivity contribution in [3.63, 3.8) is 0 Å². The fourth-order valence-corrected chi connectivity index (χ4v) is 4.01. The lowest BCUT2D eigenvalue weighted by atomic mass is 9.94. The van der Waals surface area contributed by atoms with Crippen molar-refractivity contribution < 1.29 is 0 Å². The van der Waals surface area contributed by atoms with Gasteiger partial charge in [0.1, 0.15) is 0 Å². The molecule has 1 aromatic rings. The summed E-state index contributed by atoms with van der Waals surface area (Å²) in [5.74, 6) is 0. The number of hydrogen-bond acceptors (Lipinski definition) is 2. The zero-order valence-corrected chi connectivity index (χ0v) is 13.6. The van der Waals surface area contributed by atoms with Gasteiger partial charge in [0.25, 0.3) is 0 Å². The normalized spacial score (nSPS) is 25.7. The number of nitrogens with one attached hydrogen (secondary N) is 1. The molecule has 2 heteroatoms. The average Bonchev–Trinajstić information content (AvgIpc) is 3.34. The first-order chi connectivity index (χ1) is 10.3. The van der Waals surface area contributed by atoms with Crippen LogP contribution >= 0.6 is 0 Å². The maximum atomic E-state index is 3.87. The van der Waals surface area contributed by atoms with Crippen LogP contribution in [0.15, 0.2) is 24.3 Å². The van der Waals surface area contributed by atoms with E-state index in [1.165, 1.54) is 45.1 Å². The smallest absolute Gasteiger partial charge is 0.0481 e. The van der Waals surface area contributed by atoms with Crippen LogP contribution in [0.3, 0.4) is 0 Å². The van der Waals surface area contributed by atoms with Crippen LogP contribution in [0.5, 0.6) is 0 Å². The van der Waals surface area contributed by atoms with Crippen molar-refractivity contribution in [2.24, 2.45) is 0 Å². The molecular formula is C19H30N2. The first kappa shape index (κ1) is 15.1. The van der Waals surface area contributed by atoms with E-state index in [0.717, 1.165) is 12.6 Å². The van der Waals surface area contributed by atoms with Gasteiger partial charge in [0.2, 0.25) is 0 Å². The molecule has 1 fully saturated rings. The second-order valence-electron chi connectivity index (χ2n) is 6.65. The summed E-state index contributed by atoms with van der Waals surface area (Å²) in [5.41, 5.74) is 3.13.